The highest BCUT2D eigenvalue weighted by Gasteiger charge is 2.42. The van der Waals surface area contributed by atoms with Crippen LogP contribution >= 0.6 is 23.2 Å². The third kappa shape index (κ3) is 4.95. The lowest BCUT2D eigenvalue weighted by atomic mass is 9.64. The molecule has 0 unspecified atom stereocenters. The molecule has 1 heterocycles. The van der Waals surface area contributed by atoms with Crippen LogP contribution in [0.1, 0.15) is 42.7 Å². The number of ketones is 2. The summed E-state index contributed by atoms with van der Waals surface area (Å²) < 4.78 is 0. The summed E-state index contributed by atoms with van der Waals surface area (Å²) in [6.45, 7) is 3.36. The quantitative estimate of drug-likeness (QED) is 0.561. The van der Waals surface area contributed by atoms with Crippen molar-refractivity contribution in [2.75, 3.05) is 20.1 Å². The van der Waals surface area contributed by atoms with Crippen molar-refractivity contribution in [2.24, 2.45) is 11.8 Å². The number of halogens is 2. The van der Waals surface area contributed by atoms with Crippen LogP contribution in [0.5, 0.6) is 0 Å². The van der Waals surface area contributed by atoms with Gasteiger partial charge in [0.1, 0.15) is 5.78 Å². The number of fused-ring (bicyclic) bond motifs is 1. The van der Waals surface area contributed by atoms with E-state index < -0.39 is 0 Å². The molecular weight excluding hydrogens is 429 g/mol. The average molecular weight is 456 g/mol. The van der Waals surface area contributed by atoms with Gasteiger partial charge in [-0.3, -0.25) is 4.79 Å². The van der Waals surface area contributed by atoms with Gasteiger partial charge in [-0.25, -0.2) is 0 Å². The van der Waals surface area contributed by atoms with E-state index in [1.807, 2.05) is 54.6 Å². The first-order valence-electron chi connectivity index (χ1n) is 10.7. The maximum Gasteiger partial charge on any atom is 0.156 e. The topological polar surface area (TPSA) is 37.4 Å². The SMILES string of the molecule is CC(=O)C[C@H](c1ccc(Cl)cc1)[C@@H]1CN(C)C[C@@H]2C1=CC(=O)C[C@H]2c1ccc(Cl)cc1. The Labute approximate surface area is 194 Å². The zero-order valence-corrected chi connectivity index (χ0v) is 19.4. The van der Waals surface area contributed by atoms with Crippen LogP contribution in [-0.2, 0) is 9.59 Å². The van der Waals surface area contributed by atoms with Crippen molar-refractivity contribution >= 4 is 34.8 Å². The van der Waals surface area contributed by atoms with Gasteiger partial charge in [0.2, 0.25) is 0 Å². The fraction of sp³-hybridized carbons (Fsp3) is 0.385. The first-order valence-corrected chi connectivity index (χ1v) is 11.5. The molecule has 31 heavy (non-hydrogen) atoms. The number of hydrogen-bond donors (Lipinski definition) is 0. The molecule has 5 heteroatoms. The minimum atomic E-state index is 0.0167. The van der Waals surface area contributed by atoms with Crippen molar-refractivity contribution in [1.82, 2.24) is 4.90 Å². The molecule has 3 nitrogen and oxygen atoms in total. The zero-order valence-electron chi connectivity index (χ0n) is 17.9. The maximum atomic E-state index is 12.8. The molecule has 2 aliphatic rings. The van der Waals surface area contributed by atoms with Crippen LogP contribution in [0.15, 0.2) is 60.2 Å². The largest absolute Gasteiger partial charge is 0.305 e. The van der Waals surface area contributed by atoms with E-state index in [4.69, 9.17) is 23.2 Å². The number of likely N-dealkylation sites (tertiary alicyclic amines) is 1. The van der Waals surface area contributed by atoms with Gasteiger partial charge in [0, 0.05) is 47.8 Å². The molecule has 1 aliphatic heterocycles. The number of Topliss-reactive ketones (excluding diaryl/α,β-unsaturated/α-hetero) is 1. The van der Waals surface area contributed by atoms with E-state index in [2.05, 4.69) is 11.9 Å². The van der Waals surface area contributed by atoms with Crippen molar-refractivity contribution in [3.8, 4) is 0 Å². The van der Waals surface area contributed by atoms with E-state index >= 15 is 0 Å². The molecule has 0 radical (unpaired) electrons. The molecule has 0 aromatic heterocycles. The van der Waals surface area contributed by atoms with Crippen LogP contribution in [0.25, 0.3) is 0 Å². The number of rotatable bonds is 5. The van der Waals surface area contributed by atoms with Gasteiger partial charge < -0.3 is 9.69 Å². The van der Waals surface area contributed by atoms with Crippen LogP contribution in [0.4, 0.5) is 0 Å². The van der Waals surface area contributed by atoms with Crippen LogP contribution in [-0.4, -0.2) is 36.6 Å². The fourth-order valence-electron chi connectivity index (χ4n) is 5.34. The summed E-state index contributed by atoms with van der Waals surface area (Å²) in [5.74, 6) is 0.804. The molecule has 1 fully saturated rings. The fourth-order valence-corrected chi connectivity index (χ4v) is 5.59. The Kier molecular flexibility index (Phi) is 6.66. The number of nitrogens with zero attached hydrogens (tertiary/aromatic N) is 1. The Morgan fingerprint density at radius 3 is 2.23 bits per heavy atom. The molecule has 0 N–H and O–H groups in total. The number of carbonyl (C=O) groups is 2. The predicted molar refractivity (Wildman–Crippen MR) is 126 cm³/mol. The lowest BCUT2D eigenvalue weighted by molar-refractivity contribution is -0.117. The summed E-state index contributed by atoms with van der Waals surface area (Å²) in [6, 6.07) is 15.7. The molecule has 162 valence electrons. The molecule has 4 atom stereocenters. The van der Waals surface area contributed by atoms with E-state index in [0.29, 0.717) is 22.9 Å². The van der Waals surface area contributed by atoms with Crippen molar-refractivity contribution in [2.45, 2.75) is 31.6 Å². The van der Waals surface area contributed by atoms with Gasteiger partial charge in [0.25, 0.3) is 0 Å². The Hall–Kier alpha value is -1.94. The summed E-state index contributed by atoms with van der Waals surface area (Å²) in [5, 5.41) is 1.38. The van der Waals surface area contributed by atoms with Crippen LogP contribution in [0, 0.1) is 11.8 Å². The number of carbonyl (C=O) groups excluding carboxylic acids is 2. The Balaban J connectivity index is 1.74. The first-order chi connectivity index (χ1) is 14.8. The summed E-state index contributed by atoms with van der Waals surface area (Å²) >= 11 is 12.2. The van der Waals surface area contributed by atoms with Crippen LogP contribution in [0.2, 0.25) is 10.0 Å². The highest BCUT2D eigenvalue weighted by molar-refractivity contribution is 6.30. The molecule has 1 aliphatic carbocycles. The minimum absolute atomic E-state index is 0.0167. The molecule has 0 spiro atoms. The van der Waals surface area contributed by atoms with Gasteiger partial charge in [-0.15, -0.1) is 0 Å². The third-order valence-corrected chi connectivity index (χ3v) is 7.20. The zero-order chi connectivity index (χ0) is 22.1. The van der Waals surface area contributed by atoms with E-state index in [-0.39, 0.29) is 35.2 Å². The van der Waals surface area contributed by atoms with Crippen molar-refractivity contribution in [1.29, 1.82) is 0 Å². The smallest absolute Gasteiger partial charge is 0.156 e. The third-order valence-electron chi connectivity index (χ3n) is 6.70. The Bertz CT molecular complexity index is 997. The summed E-state index contributed by atoms with van der Waals surface area (Å²) in [5.41, 5.74) is 3.44. The normalized spacial score (nSPS) is 25.0. The summed E-state index contributed by atoms with van der Waals surface area (Å²) in [7, 11) is 2.13. The predicted octanol–water partition coefficient (Wildman–Crippen LogP) is 5.92. The molecule has 1 saturated heterocycles. The monoisotopic (exact) mass is 455 g/mol. The minimum Gasteiger partial charge on any atom is -0.305 e. The van der Waals surface area contributed by atoms with E-state index in [1.54, 1.807) is 6.92 Å². The second kappa shape index (κ2) is 9.28. The number of benzene rings is 2. The lowest BCUT2D eigenvalue weighted by Crippen LogP contribution is -2.46. The van der Waals surface area contributed by atoms with E-state index in [9.17, 15) is 9.59 Å². The number of piperidine rings is 1. The molecule has 2 aromatic carbocycles. The lowest BCUT2D eigenvalue weighted by Gasteiger charge is -2.46. The summed E-state index contributed by atoms with van der Waals surface area (Å²) in [4.78, 5) is 27.4. The van der Waals surface area contributed by atoms with Gasteiger partial charge in [-0.1, -0.05) is 53.0 Å². The standard InChI is InChI=1S/C26H27Cl2NO2/c1-16(30)11-22(17-3-7-19(27)8-4-17)25-14-29(2)15-26-23(12-21(31)13-24(25)26)18-5-9-20(28)10-6-18/h3-10,13,22-23,25-26H,11-12,14-15H2,1-2H3/t22-,23+,25+,26+/m1/s1. The van der Waals surface area contributed by atoms with Gasteiger partial charge in [-0.2, -0.15) is 0 Å². The van der Waals surface area contributed by atoms with E-state index in [0.717, 1.165) is 24.2 Å². The molecule has 0 amide bonds. The van der Waals surface area contributed by atoms with Gasteiger partial charge in [0.05, 0.1) is 0 Å². The Morgan fingerprint density at radius 2 is 1.61 bits per heavy atom. The van der Waals surface area contributed by atoms with Crippen molar-refractivity contribution < 1.29 is 9.59 Å². The maximum absolute atomic E-state index is 12.8. The molecule has 0 bridgehead atoms. The van der Waals surface area contributed by atoms with Crippen molar-refractivity contribution in [3.05, 3.63) is 81.4 Å². The van der Waals surface area contributed by atoms with Crippen LogP contribution < -0.4 is 0 Å². The first kappa shape index (κ1) is 22.3. The van der Waals surface area contributed by atoms with Gasteiger partial charge in [0.15, 0.2) is 5.78 Å². The summed E-state index contributed by atoms with van der Waals surface area (Å²) in [6.07, 6.45) is 2.83. The van der Waals surface area contributed by atoms with Crippen molar-refractivity contribution in [3.63, 3.8) is 0 Å². The molecule has 2 aromatic rings. The highest BCUT2D eigenvalue weighted by Crippen LogP contribution is 2.47. The van der Waals surface area contributed by atoms with Crippen LogP contribution in [0.3, 0.4) is 0 Å². The highest BCUT2D eigenvalue weighted by atomic mass is 35.5. The van der Waals surface area contributed by atoms with Gasteiger partial charge in [-0.05, 0) is 67.3 Å². The molecular formula is C26H27Cl2NO2. The average Bonchev–Trinajstić information content (AvgIpc) is 2.73. The molecule has 4 rings (SSSR count). The van der Waals surface area contributed by atoms with Gasteiger partial charge >= 0.3 is 0 Å². The van der Waals surface area contributed by atoms with E-state index in [1.165, 1.54) is 5.57 Å². The Morgan fingerprint density at radius 1 is 1.00 bits per heavy atom. The number of hydrogen-bond acceptors (Lipinski definition) is 3. The second-order valence-corrected chi connectivity index (χ2v) is 9.84. The number of allylic oxidation sites excluding steroid dienone is 1. The molecule has 0 saturated carbocycles. The second-order valence-electron chi connectivity index (χ2n) is 8.97.